The van der Waals surface area contributed by atoms with Gasteiger partial charge in [0.05, 0.1) is 0 Å². The van der Waals surface area contributed by atoms with Gasteiger partial charge in [-0.05, 0) is 37.3 Å². The van der Waals surface area contributed by atoms with Gasteiger partial charge in [-0.15, -0.1) is 0 Å². The fourth-order valence-electron chi connectivity index (χ4n) is 1.13. The highest BCUT2D eigenvalue weighted by molar-refractivity contribution is 4.64. The standard InChI is InChI=1S/C11H25NO/c1-10(5-8-13)9-12-7-6-11(2,3)4/h10,12-13H,5-9H2,1-4H3. The van der Waals surface area contributed by atoms with Crippen LogP contribution in [-0.2, 0) is 0 Å². The third kappa shape index (κ3) is 9.84. The molecule has 2 nitrogen and oxygen atoms in total. The Bertz CT molecular complexity index is 118. The minimum Gasteiger partial charge on any atom is -0.396 e. The molecule has 0 amide bonds. The average Bonchev–Trinajstić information content (AvgIpc) is 1.97. The van der Waals surface area contributed by atoms with E-state index in [0.717, 1.165) is 19.5 Å². The summed E-state index contributed by atoms with van der Waals surface area (Å²) in [7, 11) is 0. The van der Waals surface area contributed by atoms with Crippen LogP contribution in [0, 0.1) is 11.3 Å². The van der Waals surface area contributed by atoms with Crippen LogP contribution >= 0.6 is 0 Å². The van der Waals surface area contributed by atoms with Gasteiger partial charge < -0.3 is 10.4 Å². The molecule has 0 aromatic heterocycles. The minimum absolute atomic E-state index is 0.308. The molecule has 2 N–H and O–H groups in total. The zero-order valence-corrected chi connectivity index (χ0v) is 9.56. The molecule has 0 spiro atoms. The lowest BCUT2D eigenvalue weighted by atomic mass is 9.92. The van der Waals surface area contributed by atoms with E-state index in [-0.39, 0.29) is 0 Å². The zero-order valence-electron chi connectivity index (χ0n) is 9.56. The number of rotatable bonds is 6. The summed E-state index contributed by atoms with van der Waals surface area (Å²) in [6.07, 6.45) is 2.11. The summed E-state index contributed by atoms with van der Waals surface area (Å²) in [5.74, 6) is 0.588. The van der Waals surface area contributed by atoms with Crippen LogP contribution in [0.5, 0.6) is 0 Å². The largest absolute Gasteiger partial charge is 0.396 e. The molecule has 0 aliphatic carbocycles. The number of hydrogen-bond acceptors (Lipinski definition) is 2. The maximum Gasteiger partial charge on any atom is 0.0434 e. The maximum atomic E-state index is 8.69. The second-order valence-electron chi connectivity index (χ2n) is 5.13. The first-order chi connectivity index (χ1) is 5.95. The predicted octanol–water partition coefficient (Wildman–Crippen LogP) is 2.03. The first kappa shape index (κ1) is 12.9. The van der Waals surface area contributed by atoms with E-state index < -0.39 is 0 Å². The van der Waals surface area contributed by atoms with Gasteiger partial charge in [-0.3, -0.25) is 0 Å². The smallest absolute Gasteiger partial charge is 0.0434 e. The van der Waals surface area contributed by atoms with Gasteiger partial charge in [0, 0.05) is 6.61 Å². The van der Waals surface area contributed by atoms with Gasteiger partial charge in [-0.1, -0.05) is 27.7 Å². The van der Waals surface area contributed by atoms with Crippen LogP contribution in [0.15, 0.2) is 0 Å². The molecule has 0 heterocycles. The summed E-state index contributed by atoms with van der Waals surface area (Å²) < 4.78 is 0. The zero-order chi connectivity index (χ0) is 10.3. The number of aliphatic hydroxyl groups is 1. The Morgan fingerprint density at radius 2 is 1.92 bits per heavy atom. The molecule has 80 valence electrons. The molecule has 13 heavy (non-hydrogen) atoms. The number of hydrogen-bond donors (Lipinski definition) is 2. The molecule has 0 radical (unpaired) electrons. The van der Waals surface area contributed by atoms with Crippen molar-refractivity contribution in [2.45, 2.75) is 40.5 Å². The van der Waals surface area contributed by atoms with Crippen molar-refractivity contribution in [3.05, 3.63) is 0 Å². The van der Waals surface area contributed by atoms with Crippen molar-refractivity contribution in [1.82, 2.24) is 5.32 Å². The molecule has 0 rings (SSSR count). The van der Waals surface area contributed by atoms with Crippen LogP contribution in [0.4, 0.5) is 0 Å². The summed E-state index contributed by atoms with van der Waals surface area (Å²) >= 11 is 0. The Labute approximate surface area is 82.7 Å². The number of aliphatic hydroxyl groups excluding tert-OH is 1. The topological polar surface area (TPSA) is 32.3 Å². The van der Waals surface area contributed by atoms with Gasteiger partial charge in [-0.25, -0.2) is 0 Å². The molecule has 0 aliphatic heterocycles. The van der Waals surface area contributed by atoms with Gasteiger partial charge in [0.2, 0.25) is 0 Å². The van der Waals surface area contributed by atoms with E-state index in [0.29, 0.717) is 17.9 Å². The lowest BCUT2D eigenvalue weighted by Gasteiger charge is -2.19. The highest BCUT2D eigenvalue weighted by Crippen LogP contribution is 2.16. The highest BCUT2D eigenvalue weighted by Gasteiger charge is 2.09. The first-order valence-electron chi connectivity index (χ1n) is 5.27. The second-order valence-corrected chi connectivity index (χ2v) is 5.13. The van der Waals surface area contributed by atoms with E-state index in [1.807, 2.05) is 0 Å². The van der Waals surface area contributed by atoms with E-state index in [2.05, 4.69) is 33.0 Å². The van der Waals surface area contributed by atoms with Crippen molar-refractivity contribution in [3.8, 4) is 0 Å². The number of nitrogens with one attached hydrogen (secondary N) is 1. The molecule has 1 atom stereocenters. The van der Waals surface area contributed by atoms with Crippen molar-refractivity contribution in [2.75, 3.05) is 19.7 Å². The Morgan fingerprint density at radius 1 is 1.31 bits per heavy atom. The third-order valence-electron chi connectivity index (χ3n) is 2.17. The fraction of sp³-hybridized carbons (Fsp3) is 1.00. The molecule has 2 heteroatoms. The quantitative estimate of drug-likeness (QED) is 0.624. The van der Waals surface area contributed by atoms with Gasteiger partial charge in [0.25, 0.3) is 0 Å². The van der Waals surface area contributed by atoms with Crippen LogP contribution in [0.3, 0.4) is 0 Å². The maximum absolute atomic E-state index is 8.69. The lowest BCUT2D eigenvalue weighted by molar-refractivity contribution is 0.258. The van der Waals surface area contributed by atoms with Gasteiger partial charge >= 0.3 is 0 Å². The van der Waals surface area contributed by atoms with Crippen LogP contribution in [-0.4, -0.2) is 24.8 Å². The second kappa shape index (κ2) is 6.39. The van der Waals surface area contributed by atoms with Gasteiger partial charge in [-0.2, -0.15) is 0 Å². The lowest BCUT2D eigenvalue weighted by Crippen LogP contribution is -2.25. The summed E-state index contributed by atoms with van der Waals surface area (Å²) in [6, 6.07) is 0. The van der Waals surface area contributed by atoms with Crippen LogP contribution < -0.4 is 5.32 Å². The summed E-state index contributed by atoms with van der Waals surface area (Å²) in [5.41, 5.74) is 0.424. The molecule has 0 fully saturated rings. The third-order valence-corrected chi connectivity index (χ3v) is 2.17. The molecule has 0 aromatic carbocycles. The summed E-state index contributed by atoms with van der Waals surface area (Å²) in [4.78, 5) is 0. The molecule has 0 saturated carbocycles. The van der Waals surface area contributed by atoms with E-state index in [4.69, 9.17) is 5.11 Å². The van der Waals surface area contributed by atoms with Crippen molar-refractivity contribution in [3.63, 3.8) is 0 Å². The van der Waals surface area contributed by atoms with Crippen LogP contribution in [0.1, 0.15) is 40.5 Å². The van der Waals surface area contributed by atoms with E-state index >= 15 is 0 Å². The van der Waals surface area contributed by atoms with Crippen LogP contribution in [0.25, 0.3) is 0 Å². The van der Waals surface area contributed by atoms with Gasteiger partial charge in [0.15, 0.2) is 0 Å². The van der Waals surface area contributed by atoms with E-state index in [1.54, 1.807) is 0 Å². The fourth-order valence-corrected chi connectivity index (χ4v) is 1.13. The SMILES string of the molecule is CC(CCO)CNCCC(C)(C)C. The highest BCUT2D eigenvalue weighted by atomic mass is 16.3. The molecule has 1 unspecified atom stereocenters. The predicted molar refractivity (Wildman–Crippen MR) is 57.8 cm³/mol. The van der Waals surface area contributed by atoms with Gasteiger partial charge in [0.1, 0.15) is 0 Å². The molecule has 0 aromatic rings. The van der Waals surface area contributed by atoms with Crippen molar-refractivity contribution >= 4 is 0 Å². The summed E-state index contributed by atoms with van der Waals surface area (Å²) in [5, 5.41) is 12.1. The van der Waals surface area contributed by atoms with Crippen molar-refractivity contribution in [1.29, 1.82) is 0 Å². The van der Waals surface area contributed by atoms with Crippen LogP contribution in [0.2, 0.25) is 0 Å². The first-order valence-corrected chi connectivity index (χ1v) is 5.27. The molecule has 0 saturated heterocycles. The monoisotopic (exact) mass is 187 g/mol. The van der Waals surface area contributed by atoms with E-state index in [1.165, 1.54) is 6.42 Å². The average molecular weight is 187 g/mol. The molecule has 0 aliphatic rings. The normalized spacial score (nSPS) is 14.5. The van der Waals surface area contributed by atoms with Crippen molar-refractivity contribution < 1.29 is 5.11 Å². The Kier molecular flexibility index (Phi) is 6.35. The Hall–Kier alpha value is -0.0800. The minimum atomic E-state index is 0.308. The molecular weight excluding hydrogens is 162 g/mol. The molecular formula is C11H25NO. The summed E-state index contributed by atoms with van der Waals surface area (Å²) in [6.45, 7) is 11.3. The Morgan fingerprint density at radius 3 is 2.38 bits per heavy atom. The van der Waals surface area contributed by atoms with Crippen molar-refractivity contribution in [2.24, 2.45) is 11.3 Å². The Balaban J connectivity index is 3.25. The van der Waals surface area contributed by atoms with E-state index in [9.17, 15) is 0 Å². The molecule has 0 bridgehead atoms.